The molecule has 0 bridgehead atoms. The Bertz CT molecular complexity index is 1120. The zero-order valence-corrected chi connectivity index (χ0v) is 16.0. The van der Waals surface area contributed by atoms with Gasteiger partial charge in [0.25, 0.3) is 17.7 Å². The minimum atomic E-state index is -0.440. The summed E-state index contributed by atoms with van der Waals surface area (Å²) in [6.45, 7) is 3.84. The number of aryl methyl sites for hydroxylation is 2. The van der Waals surface area contributed by atoms with Gasteiger partial charge < -0.3 is 0 Å². The first-order valence-electron chi connectivity index (χ1n) is 8.71. The topological polar surface area (TPSA) is 92.3 Å². The highest BCUT2D eigenvalue weighted by atomic mass is 32.1. The van der Waals surface area contributed by atoms with Crippen molar-refractivity contribution < 1.29 is 14.4 Å². The molecule has 0 radical (unpaired) electrons. The number of nitrogens with one attached hydrogen (secondary N) is 1. The third-order valence-electron chi connectivity index (χ3n) is 4.40. The van der Waals surface area contributed by atoms with Gasteiger partial charge in [0.2, 0.25) is 5.13 Å². The molecule has 0 unspecified atom stereocenters. The Morgan fingerprint density at radius 3 is 2.57 bits per heavy atom. The van der Waals surface area contributed by atoms with Crippen LogP contribution in [0.1, 0.15) is 48.6 Å². The molecular formula is C20H16N4O3S. The van der Waals surface area contributed by atoms with Crippen LogP contribution in [0.4, 0.5) is 10.8 Å². The second kappa shape index (κ2) is 6.97. The van der Waals surface area contributed by atoms with Gasteiger partial charge in [-0.1, -0.05) is 30.4 Å². The Morgan fingerprint density at radius 2 is 1.86 bits per heavy atom. The lowest BCUT2D eigenvalue weighted by Gasteiger charge is -2.14. The number of carbonyl (C=O) groups is 3. The molecule has 0 fully saturated rings. The predicted octanol–water partition coefficient (Wildman–Crippen LogP) is 3.46. The Labute approximate surface area is 165 Å². The number of hydrogen-bond donors (Lipinski definition) is 1. The highest BCUT2D eigenvalue weighted by molar-refractivity contribution is 7.15. The molecule has 7 nitrogen and oxygen atoms in total. The summed E-state index contributed by atoms with van der Waals surface area (Å²) in [6.07, 6.45) is 0.734. The summed E-state index contributed by atoms with van der Waals surface area (Å²) in [7, 11) is 0. The Balaban J connectivity index is 1.62. The standard InChI is InChI=1S/C20H16N4O3S/c1-3-16-22-23-20(28-16)21-17(25)12-7-8-14-15(10-12)19(27)24(18(14)26)13-6-4-5-11(2)9-13/h4-10H,3H2,1-2H3,(H,21,23,25). The number of carbonyl (C=O) groups excluding carboxylic acids is 3. The monoisotopic (exact) mass is 392 g/mol. The van der Waals surface area contributed by atoms with Crippen LogP contribution in [0.25, 0.3) is 0 Å². The highest BCUT2D eigenvalue weighted by Gasteiger charge is 2.37. The van der Waals surface area contributed by atoms with Crippen molar-refractivity contribution in [2.75, 3.05) is 10.2 Å². The molecule has 3 aromatic rings. The van der Waals surface area contributed by atoms with Gasteiger partial charge in [0.1, 0.15) is 5.01 Å². The molecule has 1 N–H and O–H groups in total. The number of aromatic nitrogens is 2. The largest absolute Gasteiger partial charge is 0.296 e. The van der Waals surface area contributed by atoms with Crippen LogP contribution in [-0.2, 0) is 6.42 Å². The normalized spacial score (nSPS) is 13.0. The van der Waals surface area contributed by atoms with E-state index in [1.165, 1.54) is 29.5 Å². The minimum absolute atomic E-state index is 0.214. The second-order valence-electron chi connectivity index (χ2n) is 6.35. The van der Waals surface area contributed by atoms with Crippen LogP contribution in [-0.4, -0.2) is 27.9 Å². The van der Waals surface area contributed by atoms with Crippen LogP contribution in [0.15, 0.2) is 42.5 Å². The van der Waals surface area contributed by atoms with Gasteiger partial charge in [-0.3, -0.25) is 19.7 Å². The number of rotatable bonds is 4. The van der Waals surface area contributed by atoms with E-state index in [4.69, 9.17) is 0 Å². The Kier molecular flexibility index (Phi) is 4.48. The number of nitrogens with zero attached hydrogens (tertiary/aromatic N) is 3. The van der Waals surface area contributed by atoms with E-state index in [9.17, 15) is 14.4 Å². The first-order valence-corrected chi connectivity index (χ1v) is 9.53. The van der Waals surface area contributed by atoms with Gasteiger partial charge in [0, 0.05) is 5.56 Å². The molecule has 0 spiro atoms. The summed E-state index contributed by atoms with van der Waals surface area (Å²) in [5.41, 5.74) is 2.23. The maximum Gasteiger partial charge on any atom is 0.266 e. The highest BCUT2D eigenvalue weighted by Crippen LogP contribution is 2.29. The number of imide groups is 1. The minimum Gasteiger partial charge on any atom is -0.296 e. The third kappa shape index (κ3) is 3.07. The van der Waals surface area contributed by atoms with Crippen molar-refractivity contribution >= 4 is 39.9 Å². The second-order valence-corrected chi connectivity index (χ2v) is 7.42. The fourth-order valence-corrected chi connectivity index (χ4v) is 3.67. The molecule has 1 aliphatic heterocycles. The lowest BCUT2D eigenvalue weighted by Crippen LogP contribution is -2.29. The average Bonchev–Trinajstić information content (AvgIpc) is 3.24. The Morgan fingerprint density at radius 1 is 1.07 bits per heavy atom. The molecule has 3 amide bonds. The summed E-state index contributed by atoms with van der Waals surface area (Å²) < 4.78 is 0. The summed E-state index contributed by atoms with van der Waals surface area (Å²) >= 11 is 1.30. The van der Waals surface area contributed by atoms with Crippen molar-refractivity contribution in [1.82, 2.24) is 10.2 Å². The molecular weight excluding hydrogens is 376 g/mol. The van der Waals surface area contributed by atoms with E-state index < -0.39 is 17.7 Å². The molecule has 2 aromatic carbocycles. The molecule has 28 heavy (non-hydrogen) atoms. The molecule has 1 aromatic heterocycles. The van der Waals surface area contributed by atoms with E-state index in [1.54, 1.807) is 18.2 Å². The van der Waals surface area contributed by atoms with Crippen LogP contribution >= 0.6 is 11.3 Å². The van der Waals surface area contributed by atoms with E-state index in [1.807, 2.05) is 19.9 Å². The van der Waals surface area contributed by atoms with E-state index in [0.717, 1.165) is 21.9 Å². The molecule has 4 rings (SSSR count). The lowest BCUT2D eigenvalue weighted by atomic mass is 10.1. The van der Waals surface area contributed by atoms with Crippen molar-refractivity contribution in [3.63, 3.8) is 0 Å². The number of amides is 3. The van der Waals surface area contributed by atoms with Crippen LogP contribution in [0.5, 0.6) is 0 Å². The summed E-state index contributed by atoms with van der Waals surface area (Å²) in [5, 5.41) is 11.8. The molecule has 1 aliphatic rings. The Hall–Kier alpha value is -3.39. The SMILES string of the molecule is CCc1nnc(NC(=O)c2ccc3c(c2)C(=O)N(c2cccc(C)c2)C3=O)s1. The van der Waals surface area contributed by atoms with E-state index in [0.29, 0.717) is 10.8 Å². The van der Waals surface area contributed by atoms with E-state index in [-0.39, 0.29) is 16.7 Å². The predicted molar refractivity (Wildman–Crippen MR) is 106 cm³/mol. The van der Waals surface area contributed by atoms with Crippen molar-refractivity contribution in [2.24, 2.45) is 0 Å². The quantitative estimate of drug-likeness (QED) is 0.687. The molecule has 0 saturated heterocycles. The van der Waals surface area contributed by atoms with Gasteiger partial charge in [-0.2, -0.15) is 0 Å². The maximum atomic E-state index is 12.8. The zero-order valence-electron chi connectivity index (χ0n) is 15.2. The smallest absolute Gasteiger partial charge is 0.266 e. The van der Waals surface area contributed by atoms with Crippen LogP contribution < -0.4 is 10.2 Å². The fourth-order valence-electron chi connectivity index (χ4n) is 3.00. The van der Waals surface area contributed by atoms with Gasteiger partial charge in [-0.25, -0.2) is 4.90 Å². The van der Waals surface area contributed by atoms with Crippen LogP contribution in [0.3, 0.4) is 0 Å². The van der Waals surface area contributed by atoms with Crippen molar-refractivity contribution in [3.8, 4) is 0 Å². The molecule has 0 atom stereocenters. The maximum absolute atomic E-state index is 12.8. The number of anilines is 2. The summed E-state index contributed by atoms with van der Waals surface area (Å²) in [6, 6.07) is 11.7. The van der Waals surface area contributed by atoms with Gasteiger partial charge in [0.15, 0.2) is 0 Å². The number of fused-ring (bicyclic) bond motifs is 1. The average molecular weight is 392 g/mol. The fraction of sp³-hybridized carbons (Fsp3) is 0.150. The molecule has 0 saturated carbocycles. The van der Waals surface area contributed by atoms with Crippen molar-refractivity contribution in [1.29, 1.82) is 0 Å². The third-order valence-corrected chi connectivity index (χ3v) is 5.38. The van der Waals surface area contributed by atoms with Gasteiger partial charge in [-0.05, 0) is 49.2 Å². The van der Waals surface area contributed by atoms with E-state index in [2.05, 4.69) is 15.5 Å². The van der Waals surface area contributed by atoms with Crippen LogP contribution in [0, 0.1) is 6.92 Å². The van der Waals surface area contributed by atoms with Crippen molar-refractivity contribution in [3.05, 3.63) is 69.7 Å². The number of benzene rings is 2. The molecule has 8 heteroatoms. The molecule has 140 valence electrons. The zero-order chi connectivity index (χ0) is 19.8. The lowest BCUT2D eigenvalue weighted by molar-refractivity contribution is 0.0925. The number of hydrogen-bond acceptors (Lipinski definition) is 6. The first kappa shape index (κ1) is 18.0. The van der Waals surface area contributed by atoms with Gasteiger partial charge in [-0.15, -0.1) is 10.2 Å². The van der Waals surface area contributed by atoms with Gasteiger partial charge in [0.05, 0.1) is 16.8 Å². The van der Waals surface area contributed by atoms with Crippen molar-refractivity contribution in [2.45, 2.75) is 20.3 Å². The molecule has 2 heterocycles. The van der Waals surface area contributed by atoms with Crippen LogP contribution in [0.2, 0.25) is 0 Å². The molecule has 0 aliphatic carbocycles. The van der Waals surface area contributed by atoms with E-state index >= 15 is 0 Å². The van der Waals surface area contributed by atoms with Gasteiger partial charge >= 0.3 is 0 Å². The first-order chi connectivity index (χ1) is 13.5. The summed E-state index contributed by atoms with van der Waals surface area (Å²) in [5.74, 6) is -1.24. The summed E-state index contributed by atoms with van der Waals surface area (Å²) in [4.78, 5) is 39.2.